The van der Waals surface area contributed by atoms with E-state index >= 15 is 0 Å². The number of hydrogen-bond acceptors (Lipinski definition) is 2. The lowest BCUT2D eigenvalue weighted by Crippen LogP contribution is -2.34. The van der Waals surface area contributed by atoms with Gasteiger partial charge < -0.3 is 10.3 Å². The average molecular weight is 291 g/mol. The van der Waals surface area contributed by atoms with Crippen molar-refractivity contribution in [2.45, 2.75) is 25.8 Å². The lowest BCUT2D eigenvalue weighted by Gasteiger charge is -2.20. The molecular weight excluding hydrogens is 276 g/mol. The van der Waals surface area contributed by atoms with Gasteiger partial charge in [-0.25, -0.2) is 13.8 Å². The number of imidazole rings is 1. The Kier molecular flexibility index (Phi) is 3.68. The van der Waals surface area contributed by atoms with Gasteiger partial charge in [-0.2, -0.15) is 0 Å². The molecule has 0 saturated carbocycles. The summed E-state index contributed by atoms with van der Waals surface area (Å²) in [6.07, 6.45) is 3.75. The normalized spacial score (nSPS) is 17.3. The van der Waals surface area contributed by atoms with Crippen LogP contribution in [0.15, 0.2) is 24.5 Å². The summed E-state index contributed by atoms with van der Waals surface area (Å²) >= 11 is 0. The molecule has 0 aliphatic heterocycles. The van der Waals surface area contributed by atoms with Crippen molar-refractivity contribution in [3.63, 3.8) is 0 Å². The highest BCUT2D eigenvalue weighted by Crippen LogP contribution is 2.23. The first-order valence-electron chi connectivity index (χ1n) is 6.86. The van der Waals surface area contributed by atoms with Crippen LogP contribution in [0.2, 0.25) is 0 Å². The Balaban J connectivity index is 1.60. The van der Waals surface area contributed by atoms with E-state index in [1.165, 1.54) is 12.1 Å². The first-order chi connectivity index (χ1) is 10.1. The van der Waals surface area contributed by atoms with Gasteiger partial charge in [-0.3, -0.25) is 4.79 Å². The third-order valence-electron chi connectivity index (χ3n) is 3.83. The van der Waals surface area contributed by atoms with E-state index in [0.29, 0.717) is 6.42 Å². The maximum absolute atomic E-state index is 13.5. The molecule has 3 rings (SSSR count). The van der Waals surface area contributed by atoms with Crippen molar-refractivity contribution in [2.75, 3.05) is 0 Å². The largest absolute Gasteiger partial charge is 0.352 e. The maximum atomic E-state index is 13.5. The molecule has 1 unspecified atom stereocenters. The van der Waals surface area contributed by atoms with Gasteiger partial charge in [-0.05, 0) is 18.9 Å². The summed E-state index contributed by atoms with van der Waals surface area (Å²) in [6, 6.07) is 3.35. The Morgan fingerprint density at radius 1 is 1.43 bits per heavy atom. The van der Waals surface area contributed by atoms with E-state index in [4.69, 9.17) is 0 Å². The quantitative estimate of drug-likeness (QED) is 0.910. The summed E-state index contributed by atoms with van der Waals surface area (Å²) in [5.74, 6) is -1.52. The van der Waals surface area contributed by atoms with E-state index < -0.39 is 11.6 Å². The number of H-pyrrole nitrogens is 1. The number of fused-ring (bicyclic) bond motifs is 1. The smallest absolute Gasteiger partial charge is 0.223 e. The Morgan fingerprint density at radius 2 is 2.29 bits per heavy atom. The monoisotopic (exact) mass is 291 g/mol. The first kappa shape index (κ1) is 13.7. The predicted molar refractivity (Wildman–Crippen MR) is 72.3 cm³/mol. The van der Waals surface area contributed by atoms with Crippen LogP contribution in [0.3, 0.4) is 0 Å². The molecule has 6 heteroatoms. The zero-order valence-corrected chi connectivity index (χ0v) is 11.3. The average Bonchev–Trinajstić information content (AvgIpc) is 2.93. The Labute approximate surface area is 120 Å². The summed E-state index contributed by atoms with van der Waals surface area (Å²) in [5.41, 5.74) is 2.29. The molecule has 1 aliphatic carbocycles. The van der Waals surface area contributed by atoms with Crippen molar-refractivity contribution in [3.8, 4) is 0 Å². The van der Waals surface area contributed by atoms with Crippen molar-refractivity contribution in [1.29, 1.82) is 0 Å². The van der Waals surface area contributed by atoms with Crippen LogP contribution in [0, 0.1) is 17.6 Å². The summed E-state index contributed by atoms with van der Waals surface area (Å²) < 4.78 is 26.3. The third kappa shape index (κ3) is 2.94. The second-order valence-electron chi connectivity index (χ2n) is 5.22. The molecule has 2 N–H and O–H groups in total. The molecule has 1 amide bonds. The lowest BCUT2D eigenvalue weighted by atomic mass is 9.89. The van der Waals surface area contributed by atoms with Gasteiger partial charge in [-0.1, -0.05) is 6.07 Å². The zero-order chi connectivity index (χ0) is 14.8. The number of nitrogens with one attached hydrogen (secondary N) is 2. The fraction of sp³-hybridized carbons (Fsp3) is 0.333. The number of halogens is 2. The van der Waals surface area contributed by atoms with Crippen LogP contribution in [-0.4, -0.2) is 15.9 Å². The van der Waals surface area contributed by atoms with Gasteiger partial charge in [0, 0.05) is 36.2 Å². The Hall–Kier alpha value is -2.24. The molecule has 0 saturated heterocycles. The number of hydrogen-bond donors (Lipinski definition) is 2. The standard InChI is InChI=1S/C15H15F2N3O/c16-11-3-1-10(12(17)6-11)7-18-15(21)9-2-4-13-14(5-9)20-8-19-13/h1,3,6,8-9H,2,4-5,7H2,(H,18,21)(H,19,20). The van der Waals surface area contributed by atoms with Gasteiger partial charge in [0.05, 0.1) is 12.0 Å². The van der Waals surface area contributed by atoms with Crippen LogP contribution in [0.1, 0.15) is 23.4 Å². The molecule has 0 spiro atoms. The Bertz CT molecular complexity index is 669. The second-order valence-corrected chi connectivity index (χ2v) is 5.22. The van der Waals surface area contributed by atoms with Crippen LogP contribution in [0.25, 0.3) is 0 Å². The number of rotatable bonds is 3. The van der Waals surface area contributed by atoms with Crippen molar-refractivity contribution in [2.24, 2.45) is 5.92 Å². The molecule has 4 nitrogen and oxygen atoms in total. The van der Waals surface area contributed by atoms with Crippen molar-refractivity contribution in [3.05, 3.63) is 53.1 Å². The van der Waals surface area contributed by atoms with E-state index in [9.17, 15) is 13.6 Å². The molecule has 2 aromatic rings. The molecule has 21 heavy (non-hydrogen) atoms. The number of carbonyl (C=O) groups excluding carboxylic acids is 1. The van der Waals surface area contributed by atoms with Gasteiger partial charge >= 0.3 is 0 Å². The van der Waals surface area contributed by atoms with Crippen molar-refractivity contribution in [1.82, 2.24) is 15.3 Å². The summed E-state index contributed by atoms with van der Waals surface area (Å²) in [7, 11) is 0. The minimum absolute atomic E-state index is 0.0667. The topological polar surface area (TPSA) is 57.8 Å². The van der Waals surface area contributed by atoms with Crippen LogP contribution >= 0.6 is 0 Å². The molecule has 1 aromatic carbocycles. The molecule has 1 atom stereocenters. The molecule has 0 bridgehead atoms. The molecule has 1 aliphatic rings. The zero-order valence-electron chi connectivity index (χ0n) is 11.3. The number of aromatic amines is 1. The molecule has 1 aromatic heterocycles. The SMILES string of the molecule is O=C(NCc1ccc(F)cc1F)C1CCc2nc[nH]c2C1. The number of amides is 1. The van der Waals surface area contributed by atoms with E-state index in [-0.39, 0.29) is 23.9 Å². The molecular formula is C15H15F2N3O. The number of aryl methyl sites for hydroxylation is 1. The van der Waals surface area contributed by atoms with Crippen LogP contribution < -0.4 is 5.32 Å². The highest BCUT2D eigenvalue weighted by atomic mass is 19.1. The Morgan fingerprint density at radius 3 is 3.10 bits per heavy atom. The number of aromatic nitrogens is 2. The minimum Gasteiger partial charge on any atom is -0.352 e. The molecule has 0 radical (unpaired) electrons. The minimum atomic E-state index is -0.644. The summed E-state index contributed by atoms with van der Waals surface area (Å²) in [4.78, 5) is 19.4. The number of nitrogens with zero attached hydrogens (tertiary/aromatic N) is 1. The summed E-state index contributed by atoms with van der Waals surface area (Å²) in [5, 5.41) is 2.72. The number of carbonyl (C=O) groups is 1. The lowest BCUT2D eigenvalue weighted by molar-refractivity contribution is -0.125. The third-order valence-corrected chi connectivity index (χ3v) is 3.83. The van der Waals surface area contributed by atoms with Crippen molar-refractivity contribution < 1.29 is 13.6 Å². The molecule has 0 fully saturated rings. The highest BCUT2D eigenvalue weighted by molar-refractivity contribution is 5.79. The van der Waals surface area contributed by atoms with Crippen LogP contribution in [0.5, 0.6) is 0 Å². The molecule has 1 heterocycles. The maximum Gasteiger partial charge on any atom is 0.223 e. The van der Waals surface area contributed by atoms with E-state index in [1.807, 2.05) is 0 Å². The molecule has 110 valence electrons. The van der Waals surface area contributed by atoms with Gasteiger partial charge in [0.2, 0.25) is 5.91 Å². The first-order valence-corrected chi connectivity index (χ1v) is 6.86. The number of benzene rings is 1. The predicted octanol–water partition coefficient (Wildman–Crippen LogP) is 2.11. The second kappa shape index (κ2) is 5.63. The fourth-order valence-corrected chi connectivity index (χ4v) is 2.62. The van der Waals surface area contributed by atoms with Crippen LogP contribution in [-0.2, 0) is 24.2 Å². The van der Waals surface area contributed by atoms with Gasteiger partial charge in [0.15, 0.2) is 0 Å². The van der Waals surface area contributed by atoms with Crippen LogP contribution in [0.4, 0.5) is 8.78 Å². The fourth-order valence-electron chi connectivity index (χ4n) is 2.62. The van der Waals surface area contributed by atoms with Gasteiger partial charge in [0.25, 0.3) is 0 Å². The summed E-state index contributed by atoms with van der Waals surface area (Å²) in [6.45, 7) is 0.0667. The van der Waals surface area contributed by atoms with Gasteiger partial charge in [-0.15, -0.1) is 0 Å². The van der Waals surface area contributed by atoms with Crippen molar-refractivity contribution >= 4 is 5.91 Å². The van der Waals surface area contributed by atoms with E-state index in [1.54, 1.807) is 6.33 Å². The van der Waals surface area contributed by atoms with E-state index in [2.05, 4.69) is 15.3 Å². The van der Waals surface area contributed by atoms with E-state index in [0.717, 1.165) is 30.3 Å². The highest BCUT2D eigenvalue weighted by Gasteiger charge is 2.26. The van der Waals surface area contributed by atoms with Gasteiger partial charge in [0.1, 0.15) is 11.6 Å².